The van der Waals surface area contributed by atoms with Crippen LogP contribution in [0.15, 0.2) is 24.4 Å². The van der Waals surface area contributed by atoms with Gasteiger partial charge in [-0.25, -0.2) is 9.48 Å². The molecule has 0 spiro atoms. The molecular formula is C34H53N9O9. The van der Waals surface area contributed by atoms with Gasteiger partial charge in [0, 0.05) is 30.9 Å². The Balaban J connectivity index is 1.21. The van der Waals surface area contributed by atoms with Gasteiger partial charge < -0.3 is 39.8 Å². The molecule has 2 aromatic heterocycles. The number of nitrogens with one attached hydrogen (secondary N) is 3. The van der Waals surface area contributed by atoms with Crippen molar-refractivity contribution in [1.82, 2.24) is 35.9 Å². The number of hydrogen-bond acceptors (Lipinski definition) is 13. The van der Waals surface area contributed by atoms with Crippen LogP contribution in [0.2, 0.25) is 0 Å². The number of aromatic amines is 1. The second-order valence-electron chi connectivity index (χ2n) is 12.0. The van der Waals surface area contributed by atoms with E-state index in [2.05, 4.69) is 31.3 Å². The molecule has 3 rings (SSSR count). The minimum absolute atomic E-state index is 0.0972. The number of aryl methyl sites for hydroxylation is 3. The SMILES string of the molecule is Cc1n[nH]c(C)c1CCCOc1cc(OCCCc2cn(CCOCCOCCOCCC(=O)NC(CCCNN)C(N)=O)nn2)cc(C(=O)O)c1. The molecule has 18 nitrogen and oxygen atoms in total. The van der Waals surface area contributed by atoms with Crippen molar-refractivity contribution < 1.29 is 43.2 Å². The van der Waals surface area contributed by atoms with Crippen molar-refractivity contribution in [2.24, 2.45) is 11.6 Å². The summed E-state index contributed by atoms with van der Waals surface area (Å²) in [5.74, 6) is 4.13. The summed E-state index contributed by atoms with van der Waals surface area (Å²) in [5.41, 5.74) is 11.9. The standard InChI is InChI=1S/C34H53N9O9/c1-24-30(25(2)40-39-24)7-5-13-52-29-21-26(34(46)47)20-28(22-29)51-12-4-6-27-23-43(42-41-27)11-15-49-17-19-50-18-16-48-14-9-32(44)38-31(33(35)45)8-3-10-37-36/h20-23,31,37H,3-19,36H2,1-2H3,(H2,35,45)(H,38,44)(H,39,40)(H,46,47). The maximum atomic E-state index is 12.0. The fourth-order valence-corrected chi connectivity index (χ4v) is 5.07. The molecule has 0 aliphatic carbocycles. The molecule has 1 unspecified atom stereocenters. The number of aromatic nitrogens is 5. The lowest BCUT2D eigenvalue weighted by Gasteiger charge is -2.15. The Morgan fingerprint density at radius 2 is 1.56 bits per heavy atom. The zero-order valence-corrected chi connectivity index (χ0v) is 30.1. The van der Waals surface area contributed by atoms with Gasteiger partial charge in [-0.3, -0.25) is 26.0 Å². The summed E-state index contributed by atoms with van der Waals surface area (Å²) >= 11 is 0. The molecule has 3 aromatic rings. The number of primary amides is 1. The van der Waals surface area contributed by atoms with Crippen molar-refractivity contribution in [2.45, 2.75) is 71.4 Å². The summed E-state index contributed by atoms with van der Waals surface area (Å²) in [6.45, 7) is 7.87. The third-order valence-corrected chi connectivity index (χ3v) is 7.85. The van der Waals surface area contributed by atoms with Gasteiger partial charge in [0.2, 0.25) is 11.8 Å². The summed E-state index contributed by atoms with van der Waals surface area (Å²) in [5, 5.41) is 27.7. The third-order valence-electron chi connectivity index (χ3n) is 7.85. The van der Waals surface area contributed by atoms with Crippen molar-refractivity contribution in [1.29, 1.82) is 0 Å². The van der Waals surface area contributed by atoms with E-state index in [0.29, 0.717) is 96.5 Å². The van der Waals surface area contributed by atoms with E-state index >= 15 is 0 Å². The van der Waals surface area contributed by atoms with Crippen LogP contribution in [0.3, 0.4) is 0 Å². The first-order valence-corrected chi connectivity index (χ1v) is 17.4. The summed E-state index contributed by atoms with van der Waals surface area (Å²) in [6.07, 6.45) is 5.83. The minimum Gasteiger partial charge on any atom is -0.493 e. The van der Waals surface area contributed by atoms with Gasteiger partial charge in [-0.15, -0.1) is 5.10 Å². The number of hydrazine groups is 1. The van der Waals surface area contributed by atoms with E-state index < -0.39 is 17.9 Å². The van der Waals surface area contributed by atoms with E-state index in [4.69, 9.17) is 35.3 Å². The largest absolute Gasteiger partial charge is 0.493 e. The zero-order valence-electron chi connectivity index (χ0n) is 30.1. The summed E-state index contributed by atoms with van der Waals surface area (Å²) in [7, 11) is 0. The lowest BCUT2D eigenvalue weighted by Crippen LogP contribution is -2.45. The number of ether oxygens (including phenoxy) is 5. The van der Waals surface area contributed by atoms with Crippen molar-refractivity contribution in [3.63, 3.8) is 0 Å². The molecule has 0 saturated heterocycles. The number of carbonyl (C=O) groups is 3. The Morgan fingerprint density at radius 1 is 0.904 bits per heavy atom. The molecular weight excluding hydrogens is 678 g/mol. The van der Waals surface area contributed by atoms with Gasteiger partial charge in [0.1, 0.15) is 17.5 Å². The third kappa shape index (κ3) is 16.2. The highest BCUT2D eigenvalue weighted by atomic mass is 16.5. The number of nitrogens with two attached hydrogens (primary N) is 2. The highest BCUT2D eigenvalue weighted by molar-refractivity contribution is 5.88. The fourth-order valence-electron chi connectivity index (χ4n) is 5.07. The van der Waals surface area contributed by atoms with Crippen LogP contribution >= 0.6 is 0 Å². The van der Waals surface area contributed by atoms with E-state index in [9.17, 15) is 19.5 Å². The van der Waals surface area contributed by atoms with Gasteiger partial charge in [-0.2, -0.15) is 5.10 Å². The number of amides is 2. The minimum atomic E-state index is -1.06. The topological polar surface area (TPSA) is 253 Å². The van der Waals surface area contributed by atoms with Gasteiger partial charge >= 0.3 is 5.97 Å². The molecule has 0 aliphatic heterocycles. The van der Waals surface area contributed by atoms with Crippen LogP contribution in [0, 0.1) is 13.8 Å². The Bertz CT molecular complexity index is 1500. The lowest BCUT2D eigenvalue weighted by molar-refractivity contribution is -0.128. The Hall–Kier alpha value is -4.62. The molecule has 0 fully saturated rings. The van der Waals surface area contributed by atoms with E-state index in [1.54, 1.807) is 10.7 Å². The van der Waals surface area contributed by atoms with Gasteiger partial charge in [0.15, 0.2) is 0 Å². The molecule has 0 aliphatic rings. The van der Waals surface area contributed by atoms with Crippen LogP contribution in [0.4, 0.5) is 0 Å². The number of H-pyrrole nitrogens is 1. The van der Waals surface area contributed by atoms with E-state index in [1.165, 1.54) is 17.7 Å². The van der Waals surface area contributed by atoms with E-state index in [-0.39, 0.29) is 24.5 Å². The Morgan fingerprint density at radius 3 is 2.17 bits per heavy atom. The van der Waals surface area contributed by atoms with Gasteiger partial charge in [-0.1, -0.05) is 5.21 Å². The molecule has 18 heteroatoms. The van der Waals surface area contributed by atoms with Crippen LogP contribution in [0.1, 0.15) is 65.1 Å². The van der Waals surface area contributed by atoms with Crippen molar-refractivity contribution >= 4 is 17.8 Å². The first-order valence-electron chi connectivity index (χ1n) is 17.4. The molecule has 288 valence electrons. The molecule has 0 radical (unpaired) electrons. The second kappa shape index (κ2) is 23.8. The van der Waals surface area contributed by atoms with Crippen molar-refractivity contribution in [3.8, 4) is 11.5 Å². The number of carbonyl (C=O) groups excluding carboxylic acids is 2. The monoisotopic (exact) mass is 731 g/mol. The summed E-state index contributed by atoms with van der Waals surface area (Å²) in [4.78, 5) is 35.2. The molecule has 1 aromatic carbocycles. The van der Waals surface area contributed by atoms with Crippen LogP contribution in [-0.4, -0.2) is 114 Å². The maximum Gasteiger partial charge on any atom is 0.335 e. The number of benzene rings is 1. The van der Waals surface area contributed by atoms with E-state index in [0.717, 1.165) is 29.9 Å². The molecule has 1 atom stereocenters. The summed E-state index contributed by atoms with van der Waals surface area (Å²) in [6, 6.07) is 3.95. The molecule has 2 amide bonds. The molecule has 0 saturated carbocycles. The number of hydrogen-bond donors (Lipinski definition) is 6. The Labute approximate surface area is 303 Å². The summed E-state index contributed by atoms with van der Waals surface area (Å²) < 4.78 is 29.9. The van der Waals surface area contributed by atoms with Crippen molar-refractivity contribution in [3.05, 3.63) is 52.6 Å². The van der Waals surface area contributed by atoms with Gasteiger partial charge in [0.25, 0.3) is 0 Å². The first-order chi connectivity index (χ1) is 25.2. The Kier molecular flexibility index (Phi) is 19.1. The lowest BCUT2D eigenvalue weighted by atomic mass is 10.1. The highest BCUT2D eigenvalue weighted by Gasteiger charge is 2.17. The zero-order chi connectivity index (χ0) is 37.6. The van der Waals surface area contributed by atoms with Crippen LogP contribution in [0.25, 0.3) is 0 Å². The second-order valence-corrected chi connectivity index (χ2v) is 12.0. The number of rotatable bonds is 29. The smallest absolute Gasteiger partial charge is 0.335 e. The quantitative estimate of drug-likeness (QED) is 0.0331. The highest BCUT2D eigenvalue weighted by Crippen LogP contribution is 2.24. The number of aromatic carboxylic acids is 1. The van der Waals surface area contributed by atoms with Gasteiger partial charge in [0.05, 0.1) is 76.4 Å². The van der Waals surface area contributed by atoms with Crippen LogP contribution in [-0.2, 0) is 43.2 Å². The normalized spacial score (nSPS) is 11.8. The fraction of sp³-hybridized carbons (Fsp3) is 0.588. The predicted molar refractivity (Wildman–Crippen MR) is 189 cm³/mol. The predicted octanol–water partition coefficient (Wildman–Crippen LogP) is 0.993. The van der Waals surface area contributed by atoms with E-state index in [1.807, 2.05) is 20.0 Å². The number of carboxylic acids is 1. The average Bonchev–Trinajstić information content (AvgIpc) is 3.71. The molecule has 2 heterocycles. The first kappa shape index (κ1) is 41.8. The van der Waals surface area contributed by atoms with Crippen molar-refractivity contribution in [2.75, 3.05) is 59.4 Å². The van der Waals surface area contributed by atoms with Gasteiger partial charge in [-0.05, 0) is 70.1 Å². The maximum absolute atomic E-state index is 12.0. The molecule has 0 bridgehead atoms. The number of carboxylic acid groups (broad SMARTS) is 1. The van der Waals surface area contributed by atoms with Crippen LogP contribution in [0.5, 0.6) is 11.5 Å². The van der Waals surface area contributed by atoms with Crippen LogP contribution < -0.4 is 31.8 Å². The average molecular weight is 732 g/mol. The molecule has 52 heavy (non-hydrogen) atoms. The number of nitrogens with zero attached hydrogens (tertiary/aromatic N) is 4. The molecule has 8 N–H and O–H groups in total.